The fourth-order valence-electron chi connectivity index (χ4n) is 2.93. The van der Waals surface area contributed by atoms with Crippen LogP contribution in [-0.2, 0) is 9.53 Å². The molecule has 0 fully saturated rings. The normalized spacial score (nSPS) is 16.5. The quantitative estimate of drug-likeness (QED) is 0.538. The summed E-state index contributed by atoms with van der Waals surface area (Å²) in [6.07, 6.45) is 0.580. The molecule has 2 amide bonds. The molecule has 0 unspecified atom stereocenters. The Labute approximate surface area is 166 Å². The summed E-state index contributed by atoms with van der Waals surface area (Å²) in [5, 5.41) is 18.0. The number of para-hydroxylation sites is 1. The van der Waals surface area contributed by atoms with Gasteiger partial charge < -0.3 is 15.4 Å². The molecule has 0 aliphatic carbocycles. The van der Waals surface area contributed by atoms with Crippen molar-refractivity contribution in [2.45, 2.75) is 38.4 Å². The summed E-state index contributed by atoms with van der Waals surface area (Å²) >= 11 is 1.34. The monoisotopic (exact) mass is 402 g/mol. The zero-order valence-corrected chi connectivity index (χ0v) is 16.7. The number of thioether (sulfide) groups is 1. The van der Waals surface area contributed by atoms with Crippen LogP contribution in [0.2, 0.25) is 0 Å². The number of hydrogen-bond acceptors (Lipinski definition) is 7. The second-order valence-corrected chi connectivity index (χ2v) is 7.06. The highest BCUT2D eigenvalue weighted by molar-refractivity contribution is 7.99. The lowest BCUT2D eigenvalue weighted by Gasteiger charge is -2.28. The Hall–Kier alpha value is -2.88. The van der Waals surface area contributed by atoms with E-state index in [1.807, 2.05) is 38.1 Å². The lowest BCUT2D eigenvalue weighted by molar-refractivity contribution is -0.139. The van der Waals surface area contributed by atoms with Gasteiger partial charge in [0.2, 0.25) is 5.16 Å². The van der Waals surface area contributed by atoms with Crippen LogP contribution in [0.4, 0.5) is 4.79 Å². The molecule has 0 saturated heterocycles. The van der Waals surface area contributed by atoms with E-state index in [4.69, 9.17) is 4.74 Å². The molecular weight excluding hydrogens is 380 g/mol. The van der Waals surface area contributed by atoms with Crippen molar-refractivity contribution in [2.75, 3.05) is 12.4 Å². The number of aromatic nitrogens is 4. The van der Waals surface area contributed by atoms with Crippen molar-refractivity contribution in [1.82, 2.24) is 30.8 Å². The van der Waals surface area contributed by atoms with Crippen molar-refractivity contribution in [3.8, 4) is 5.69 Å². The highest BCUT2D eigenvalue weighted by Gasteiger charge is 2.31. The van der Waals surface area contributed by atoms with Gasteiger partial charge in [-0.1, -0.05) is 36.9 Å². The van der Waals surface area contributed by atoms with Gasteiger partial charge in [0.15, 0.2) is 0 Å². The Morgan fingerprint density at radius 1 is 1.32 bits per heavy atom. The molecule has 1 atom stereocenters. The largest absolute Gasteiger partial charge is 0.463 e. The van der Waals surface area contributed by atoms with Crippen LogP contribution in [0.1, 0.15) is 25.8 Å². The lowest BCUT2D eigenvalue weighted by Crippen LogP contribution is -2.50. The van der Waals surface area contributed by atoms with Gasteiger partial charge in [0, 0.05) is 11.4 Å². The number of amides is 2. The number of esters is 1. The van der Waals surface area contributed by atoms with Crippen LogP contribution in [0.25, 0.3) is 5.69 Å². The zero-order chi connectivity index (χ0) is 20.1. The van der Waals surface area contributed by atoms with Gasteiger partial charge in [-0.2, -0.15) is 4.68 Å². The van der Waals surface area contributed by atoms with Crippen LogP contribution >= 0.6 is 11.8 Å². The molecule has 9 nitrogen and oxygen atoms in total. The van der Waals surface area contributed by atoms with E-state index in [1.165, 1.54) is 11.8 Å². The SMILES string of the molecule is CCOC(=O)C1=C(CSc2nnnn2-c2ccccc2C)NC(=O)N[C@H]1CC. The van der Waals surface area contributed by atoms with Gasteiger partial charge in [-0.15, -0.1) is 5.10 Å². The van der Waals surface area contributed by atoms with Crippen LogP contribution in [0.5, 0.6) is 0 Å². The number of aryl methyl sites for hydroxylation is 1. The summed E-state index contributed by atoms with van der Waals surface area (Å²) in [6, 6.07) is 7.04. The van der Waals surface area contributed by atoms with Gasteiger partial charge >= 0.3 is 12.0 Å². The molecule has 1 aliphatic rings. The first kappa shape index (κ1) is 19.9. The first-order chi connectivity index (χ1) is 13.5. The summed E-state index contributed by atoms with van der Waals surface area (Å²) in [4.78, 5) is 24.5. The molecule has 2 heterocycles. The molecular formula is C18H22N6O3S. The lowest BCUT2D eigenvalue weighted by atomic mass is 10.0. The molecule has 10 heteroatoms. The van der Waals surface area contributed by atoms with Gasteiger partial charge in [-0.25, -0.2) is 9.59 Å². The summed E-state index contributed by atoms with van der Waals surface area (Å²) in [7, 11) is 0. The van der Waals surface area contributed by atoms with Gasteiger partial charge in [-0.05, 0) is 42.3 Å². The molecule has 0 bridgehead atoms. The number of benzene rings is 1. The van der Waals surface area contributed by atoms with Crippen molar-refractivity contribution in [3.05, 3.63) is 41.1 Å². The maximum atomic E-state index is 12.5. The standard InChI is InChI=1S/C18H22N6O3S/c1-4-12-15(16(25)27-5-2)13(20-17(26)19-12)10-28-18-21-22-23-24(18)14-9-7-6-8-11(14)3/h6-9,12H,4-5,10H2,1-3H3,(H2,19,20,26)/t12-/m0/s1. The van der Waals surface area contributed by atoms with E-state index in [1.54, 1.807) is 11.6 Å². The Morgan fingerprint density at radius 3 is 2.82 bits per heavy atom. The fraction of sp³-hybridized carbons (Fsp3) is 0.389. The number of urea groups is 1. The molecule has 28 heavy (non-hydrogen) atoms. The van der Waals surface area contributed by atoms with Crippen molar-refractivity contribution in [2.24, 2.45) is 0 Å². The van der Waals surface area contributed by atoms with Gasteiger partial charge in [0.05, 0.1) is 23.9 Å². The van der Waals surface area contributed by atoms with E-state index < -0.39 is 12.0 Å². The van der Waals surface area contributed by atoms with E-state index in [0.717, 1.165) is 11.3 Å². The zero-order valence-electron chi connectivity index (χ0n) is 15.9. The number of tetrazole rings is 1. The maximum Gasteiger partial charge on any atom is 0.337 e. The van der Waals surface area contributed by atoms with Crippen molar-refractivity contribution in [3.63, 3.8) is 0 Å². The first-order valence-corrected chi connectivity index (χ1v) is 9.98. The van der Waals surface area contributed by atoms with E-state index in [9.17, 15) is 9.59 Å². The number of rotatable bonds is 7. The minimum Gasteiger partial charge on any atom is -0.463 e. The highest BCUT2D eigenvalue weighted by atomic mass is 32.2. The number of nitrogens with zero attached hydrogens (tertiary/aromatic N) is 4. The Balaban J connectivity index is 1.88. The average molecular weight is 402 g/mol. The maximum absolute atomic E-state index is 12.5. The van der Waals surface area contributed by atoms with Crippen LogP contribution in [0.3, 0.4) is 0 Å². The molecule has 3 rings (SSSR count). The van der Waals surface area contributed by atoms with Crippen LogP contribution < -0.4 is 10.6 Å². The van der Waals surface area contributed by atoms with Gasteiger partial charge in [-0.3, -0.25) is 0 Å². The highest BCUT2D eigenvalue weighted by Crippen LogP contribution is 2.25. The molecule has 0 radical (unpaired) electrons. The average Bonchev–Trinajstić information content (AvgIpc) is 3.14. The predicted molar refractivity (Wildman–Crippen MR) is 104 cm³/mol. The third kappa shape index (κ3) is 4.16. The summed E-state index contributed by atoms with van der Waals surface area (Å²) in [5.74, 6) is -0.111. The smallest absolute Gasteiger partial charge is 0.337 e. The summed E-state index contributed by atoms with van der Waals surface area (Å²) in [6.45, 7) is 5.89. The molecule has 1 aromatic carbocycles. The number of nitrogens with one attached hydrogen (secondary N) is 2. The fourth-order valence-corrected chi connectivity index (χ4v) is 3.79. The third-order valence-electron chi connectivity index (χ3n) is 4.28. The molecule has 2 aromatic rings. The molecule has 148 valence electrons. The van der Waals surface area contributed by atoms with Gasteiger partial charge in [0.1, 0.15) is 0 Å². The molecule has 0 spiro atoms. The van der Waals surface area contributed by atoms with E-state index in [0.29, 0.717) is 28.6 Å². The van der Waals surface area contributed by atoms with E-state index in [-0.39, 0.29) is 12.6 Å². The minimum absolute atomic E-state index is 0.263. The van der Waals surface area contributed by atoms with Crippen molar-refractivity contribution in [1.29, 1.82) is 0 Å². The molecule has 1 aliphatic heterocycles. The van der Waals surface area contributed by atoms with Crippen LogP contribution in [-0.4, -0.2) is 50.6 Å². The minimum atomic E-state index is -0.434. The third-order valence-corrected chi connectivity index (χ3v) is 5.22. The topological polar surface area (TPSA) is 111 Å². The number of ether oxygens (including phenoxy) is 1. The van der Waals surface area contributed by atoms with Crippen LogP contribution in [0, 0.1) is 6.92 Å². The second kappa shape index (κ2) is 8.87. The summed E-state index contributed by atoms with van der Waals surface area (Å²) in [5.41, 5.74) is 2.85. The molecule has 1 aromatic heterocycles. The number of carbonyl (C=O) groups is 2. The van der Waals surface area contributed by atoms with Gasteiger partial charge in [0.25, 0.3) is 0 Å². The number of carbonyl (C=O) groups excluding carboxylic acids is 2. The molecule has 2 N–H and O–H groups in total. The molecule has 0 saturated carbocycles. The Morgan fingerprint density at radius 2 is 2.11 bits per heavy atom. The van der Waals surface area contributed by atoms with Crippen molar-refractivity contribution >= 4 is 23.8 Å². The number of hydrogen-bond donors (Lipinski definition) is 2. The predicted octanol–water partition coefficient (Wildman–Crippen LogP) is 1.97. The van der Waals surface area contributed by atoms with E-state index >= 15 is 0 Å². The van der Waals surface area contributed by atoms with E-state index in [2.05, 4.69) is 26.2 Å². The van der Waals surface area contributed by atoms with Crippen molar-refractivity contribution < 1.29 is 14.3 Å². The van der Waals surface area contributed by atoms with Crippen LogP contribution in [0.15, 0.2) is 40.7 Å². The Bertz CT molecular complexity index is 910. The Kier molecular flexibility index (Phi) is 6.30. The first-order valence-electron chi connectivity index (χ1n) is 9.00. The summed E-state index contributed by atoms with van der Waals surface area (Å²) < 4.78 is 6.83. The second-order valence-electron chi connectivity index (χ2n) is 6.12.